The van der Waals surface area contributed by atoms with Crippen molar-refractivity contribution in [3.05, 3.63) is 42.5 Å². The van der Waals surface area contributed by atoms with Crippen LogP contribution in [-0.2, 0) is 29.7 Å². The third-order valence-corrected chi connectivity index (χ3v) is 6.17. The summed E-state index contributed by atoms with van der Waals surface area (Å²) in [6.07, 6.45) is 0. The molecule has 0 amide bonds. The van der Waals surface area contributed by atoms with E-state index in [1.807, 2.05) is 4.90 Å². The van der Waals surface area contributed by atoms with Crippen LogP contribution in [0.2, 0.25) is 0 Å². The standard InChI is InChI=1S/C20H27N3O10S2.2Na/c24-9-13-32-11-7-23(8-12-33-14-10-25)17-3-1-16(2-4-17)21-22-19-15-18(34(26,27)28)5-6-20(19)35(29,30)31;;/h1-6,15,24-25H,7-14H2,(H,26,27,28)(H,29,30,31);;/q;2*+1/p-2. The molecular weight excluding hydrogens is 552 g/mol. The molecule has 0 heterocycles. The SMILES string of the molecule is O=S(=O)([O-])c1ccc(S(=O)(=O)[O-])c(N=Nc2ccc(N(CCOCCO)CCOCCO)cc2)c1.[Na+].[Na+]. The summed E-state index contributed by atoms with van der Waals surface area (Å²) >= 11 is 0. The van der Waals surface area contributed by atoms with E-state index in [9.17, 15) is 25.9 Å². The maximum atomic E-state index is 11.5. The Hall–Kier alpha value is -0.500. The molecule has 2 N–H and O–H groups in total. The summed E-state index contributed by atoms with van der Waals surface area (Å²) in [6.45, 7) is 1.83. The predicted octanol–water partition coefficient (Wildman–Crippen LogP) is -5.26. The van der Waals surface area contributed by atoms with E-state index in [4.69, 9.17) is 19.7 Å². The van der Waals surface area contributed by atoms with E-state index < -0.39 is 35.7 Å². The molecule has 0 spiro atoms. The van der Waals surface area contributed by atoms with Gasteiger partial charge in [0.25, 0.3) is 0 Å². The minimum atomic E-state index is -5.01. The fourth-order valence-corrected chi connectivity index (χ4v) is 3.92. The maximum Gasteiger partial charge on any atom is 1.00 e. The van der Waals surface area contributed by atoms with Gasteiger partial charge in [0.1, 0.15) is 25.9 Å². The van der Waals surface area contributed by atoms with Crippen molar-refractivity contribution in [3.63, 3.8) is 0 Å². The summed E-state index contributed by atoms with van der Waals surface area (Å²) in [5.41, 5.74) is 0.433. The Morgan fingerprint density at radius 1 is 0.757 bits per heavy atom. The molecule has 37 heavy (non-hydrogen) atoms. The second-order valence-corrected chi connectivity index (χ2v) is 9.64. The number of nitrogens with zero attached hydrogens (tertiary/aromatic N) is 3. The summed E-state index contributed by atoms with van der Waals surface area (Å²) in [5, 5.41) is 25.2. The van der Waals surface area contributed by atoms with Gasteiger partial charge in [0.2, 0.25) is 0 Å². The van der Waals surface area contributed by atoms with Gasteiger partial charge in [0, 0.05) is 18.8 Å². The van der Waals surface area contributed by atoms with Crippen LogP contribution in [0.1, 0.15) is 0 Å². The first-order chi connectivity index (χ1) is 16.6. The molecule has 0 bridgehead atoms. The van der Waals surface area contributed by atoms with Crippen LogP contribution in [0.15, 0.2) is 62.5 Å². The summed E-state index contributed by atoms with van der Waals surface area (Å²) in [6, 6.07) is 8.56. The van der Waals surface area contributed by atoms with Crippen molar-refractivity contribution in [2.24, 2.45) is 10.2 Å². The molecule has 0 saturated carbocycles. The van der Waals surface area contributed by atoms with Crippen LogP contribution in [0.4, 0.5) is 17.1 Å². The van der Waals surface area contributed by atoms with Gasteiger partial charge in [0.05, 0.1) is 55.1 Å². The topological polar surface area (TPSA) is 201 Å². The van der Waals surface area contributed by atoms with E-state index >= 15 is 0 Å². The minimum Gasteiger partial charge on any atom is -0.744 e. The molecule has 0 aliphatic heterocycles. The van der Waals surface area contributed by atoms with Gasteiger partial charge in [-0.15, -0.1) is 5.11 Å². The van der Waals surface area contributed by atoms with E-state index in [0.29, 0.717) is 44.5 Å². The van der Waals surface area contributed by atoms with Gasteiger partial charge in [-0.25, -0.2) is 16.8 Å². The van der Waals surface area contributed by atoms with E-state index in [1.54, 1.807) is 24.3 Å². The normalized spacial score (nSPS) is 11.7. The number of hydrogen-bond acceptors (Lipinski definition) is 13. The maximum absolute atomic E-state index is 11.5. The molecule has 0 fully saturated rings. The molecule has 17 heteroatoms. The Labute approximate surface area is 260 Å². The quantitative estimate of drug-likeness (QED) is 0.0886. The number of rotatable bonds is 15. The number of aliphatic hydroxyl groups excluding tert-OH is 2. The minimum absolute atomic E-state index is 0. The average Bonchev–Trinajstić information content (AvgIpc) is 2.81. The Morgan fingerprint density at radius 2 is 1.30 bits per heavy atom. The molecule has 13 nitrogen and oxygen atoms in total. The van der Waals surface area contributed by atoms with Gasteiger partial charge in [0.15, 0.2) is 0 Å². The van der Waals surface area contributed by atoms with Gasteiger partial charge < -0.3 is 33.7 Å². The van der Waals surface area contributed by atoms with Crippen molar-refractivity contribution in [1.29, 1.82) is 0 Å². The van der Waals surface area contributed by atoms with Crippen LogP contribution >= 0.6 is 0 Å². The van der Waals surface area contributed by atoms with Crippen molar-refractivity contribution in [1.82, 2.24) is 0 Å². The Kier molecular flexibility index (Phi) is 17.7. The molecule has 194 valence electrons. The van der Waals surface area contributed by atoms with E-state index in [0.717, 1.165) is 5.69 Å². The summed E-state index contributed by atoms with van der Waals surface area (Å²) in [5.74, 6) is 0. The Balaban J connectivity index is 0.00000648. The average molecular weight is 578 g/mol. The molecule has 2 aromatic rings. The number of anilines is 1. The number of azo groups is 1. The number of benzene rings is 2. The van der Waals surface area contributed by atoms with Crippen LogP contribution in [-0.4, -0.2) is 88.9 Å². The number of aliphatic hydroxyl groups is 2. The molecule has 0 aromatic heterocycles. The zero-order chi connectivity index (χ0) is 25.9. The van der Waals surface area contributed by atoms with Gasteiger partial charge in [-0.05, 0) is 42.5 Å². The van der Waals surface area contributed by atoms with Crippen LogP contribution in [0.5, 0.6) is 0 Å². The zero-order valence-corrected chi connectivity index (χ0v) is 26.1. The largest absolute Gasteiger partial charge is 1.00 e. The number of hydrogen-bond donors (Lipinski definition) is 2. The van der Waals surface area contributed by atoms with Crippen LogP contribution < -0.4 is 64.0 Å². The molecule has 0 radical (unpaired) electrons. The Morgan fingerprint density at radius 3 is 1.76 bits per heavy atom. The first-order valence-corrected chi connectivity index (χ1v) is 13.1. The fraction of sp³-hybridized carbons (Fsp3) is 0.400. The van der Waals surface area contributed by atoms with Crippen molar-refractivity contribution < 1.29 is 105 Å². The molecule has 0 unspecified atom stereocenters. The van der Waals surface area contributed by atoms with Crippen LogP contribution in [0.25, 0.3) is 0 Å². The Bertz CT molecular complexity index is 1190. The van der Waals surface area contributed by atoms with Crippen LogP contribution in [0, 0.1) is 0 Å². The van der Waals surface area contributed by atoms with E-state index in [2.05, 4.69) is 10.2 Å². The van der Waals surface area contributed by atoms with Crippen LogP contribution in [0.3, 0.4) is 0 Å². The first-order valence-electron chi connectivity index (χ1n) is 10.3. The molecule has 0 aliphatic rings. The summed E-state index contributed by atoms with van der Waals surface area (Å²) in [4.78, 5) is 0.360. The molecule has 0 atom stereocenters. The van der Waals surface area contributed by atoms with Crippen molar-refractivity contribution in [3.8, 4) is 0 Å². The smallest absolute Gasteiger partial charge is 0.744 e. The molecule has 2 aromatic carbocycles. The molecule has 0 saturated heterocycles. The predicted molar refractivity (Wildman–Crippen MR) is 121 cm³/mol. The monoisotopic (exact) mass is 577 g/mol. The van der Waals surface area contributed by atoms with Crippen molar-refractivity contribution in [2.45, 2.75) is 9.79 Å². The molecule has 2 rings (SSSR count). The van der Waals surface area contributed by atoms with E-state index in [-0.39, 0.29) is 91.2 Å². The molecular formula is C20H25N3Na2O10S2. The van der Waals surface area contributed by atoms with Gasteiger partial charge in [-0.3, -0.25) is 0 Å². The third kappa shape index (κ3) is 12.9. The van der Waals surface area contributed by atoms with Crippen molar-refractivity contribution in [2.75, 3.05) is 57.6 Å². The molecule has 0 aliphatic carbocycles. The van der Waals surface area contributed by atoms with E-state index in [1.165, 1.54) is 0 Å². The van der Waals surface area contributed by atoms with Gasteiger partial charge >= 0.3 is 59.1 Å². The third-order valence-electron chi connectivity index (χ3n) is 4.46. The van der Waals surface area contributed by atoms with Crippen molar-refractivity contribution >= 4 is 37.3 Å². The second kappa shape index (κ2) is 18.0. The zero-order valence-electron chi connectivity index (χ0n) is 20.5. The summed E-state index contributed by atoms with van der Waals surface area (Å²) < 4.78 is 78.7. The summed E-state index contributed by atoms with van der Waals surface area (Å²) in [7, 11) is -9.92. The van der Waals surface area contributed by atoms with Gasteiger partial charge in [-0.1, -0.05) is 0 Å². The second-order valence-electron chi connectivity index (χ2n) is 6.91. The fourth-order valence-electron chi connectivity index (χ4n) is 2.84. The first kappa shape index (κ1) is 36.5. The van der Waals surface area contributed by atoms with Gasteiger partial charge in [-0.2, -0.15) is 5.11 Å². The number of ether oxygens (including phenoxy) is 2.